The van der Waals surface area contributed by atoms with Crippen LogP contribution < -0.4 is 0 Å². The van der Waals surface area contributed by atoms with Crippen molar-refractivity contribution in [3.63, 3.8) is 0 Å². The predicted octanol–water partition coefficient (Wildman–Crippen LogP) is 6.01. The SMILES string of the molecule is CC1CCC2C3CCC4(C)C(=O)CCCC4C3CCC2(C)CC1. The summed E-state index contributed by atoms with van der Waals surface area (Å²) in [7, 11) is 0. The van der Waals surface area contributed by atoms with Gasteiger partial charge in [0.25, 0.3) is 0 Å². The van der Waals surface area contributed by atoms with Crippen molar-refractivity contribution >= 4 is 5.78 Å². The summed E-state index contributed by atoms with van der Waals surface area (Å²) in [5.41, 5.74) is 0.656. The topological polar surface area (TPSA) is 17.1 Å². The van der Waals surface area contributed by atoms with E-state index in [1.807, 2.05) is 0 Å². The molecule has 0 heterocycles. The normalized spacial score (nSPS) is 53.7. The minimum Gasteiger partial charge on any atom is -0.299 e. The summed E-state index contributed by atoms with van der Waals surface area (Å²) >= 11 is 0. The third-order valence-corrected chi connectivity index (χ3v) is 9.08. The van der Waals surface area contributed by atoms with Crippen LogP contribution >= 0.6 is 0 Å². The van der Waals surface area contributed by atoms with Crippen molar-refractivity contribution in [3.05, 3.63) is 0 Å². The Morgan fingerprint density at radius 3 is 2.35 bits per heavy atom. The third kappa shape index (κ3) is 2.44. The van der Waals surface area contributed by atoms with E-state index >= 15 is 0 Å². The Kier molecular flexibility index (Phi) is 3.93. The second kappa shape index (κ2) is 5.60. The van der Waals surface area contributed by atoms with Gasteiger partial charge in [0, 0.05) is 11.8 Å². The van der Waals surface area contributed by atoms with Crippen LogP contribution in [0.3, 0.4) is 0 Å². The molecule has 130 valence electrons. The molecule has 4 fully saturated rings. The molecule has 0 aromatic heterocycles. The molecule has 0 amide bonds. The van der Waals surface area contributed by atoms with Crippen molar-refractivity contribution in [1.29, 1.82) is 0 Å². The van der Waals surface area contributed by atoms with Gasteiger partial charge in [0.2, 0.25) is 0 Å². The lowest BCUT2D eigenvalue weighted by atomic mass is 9.45. The van der Waals surface area contributed by atoms with Crippen LogP contribution in [-0.2, 0) is 4.79 Å². The zero-order valence-corrected chi connectivity index (χ0v) is 15.6. The standard InChI is InChI=1S/C22H36O/c1-15-7-8-18-16-11-14-22(3)19(5-4-6-20(22)23)17(16)10-13-21(18,2)12-9-15/h15-19H,4-14H2,1-3H3. The van der Waals surface area contributed by atoms with Gasteiger partial charge in [-0.3, -0.25) is 4.79 Å². The Balaban J connectivity index is 1.62. The zero-order valence-electron chi connectivity index (χ0n) is 15.6. The molecule has 0 bridgehead atoms. The highest BCUT2D eigenvalue weighted by atomic mass is 16.1. The van der Waals surface area contributed by atoms with Gasteiger partial charge in [0.05, 0.1) is 0 Å². The van der Waals surface area contributed by atoms with Crippen LogP contribution in [0.5, 0.6) is 0 Å². The van der Waals surface area contributed by atoms with E-state index < -0.39 is 0 Å². The van der Waals surface area contributed by atoms with Gasteiger partial charge in [0.1, 0.15) is 5.78 Å². The van der Waals surface area contributed by atoms with Crippen molar-refractivity contribution in [1.82, 2.24) is 0 Å². The maximum Gasteiger partial charge on any atom is 0.139 e. The molecule has 0 aromatic carbocycles. The average molecular weight is 317 g/mol. The summed E-state index contributed by atoms with van der Waals surface area (Å²) in [5.74, 6) is 5.00. The van der Waals surface area contributed by atoms with Gasteiger partial charge in [-0.05, 0) is 86.4 Å². The van der Waals surface area contributed by atoms with Crippen LogP contribution in [0, 0.1) is 40.4 Å². The fourth-order valence-electron chi connectivity index (χ4n) is 7.45. The molecular weight excluding hydrogens is 280 g/mol. The monoisotopic (exact) mass is 316 g/mol. The number of Topliss-reactive ketones (excluding diaryl/α,β-unsaturated/α-hetero) is 1. The van der Waals surface area contributed by atoms with Gasteiger partial charge in [-0.15, -0.1) is 0 Å². The summed E-state index contributed by atoms with van der Waals surface area (Å²) in [4.78, 5) is 12.7. The molecule has 1 heteroatoms. The van der Waals surface area contributed by atoms with Gasteiger partial charge in [-0.25, -0.2) is 0 Å². The summed E-state index contributed by atoms with van der Waals surface area (Å²) in [6.45, 7) is 7.42. The number of carbonyl (C=O) groups is 1. The number of hydrogen-bond acceptors (Lipinski definition) is 1. The van der Waals surface area contributed by atoms with Crippen LogP contribution in [0.15, 0.2) is 0 Å². The van der Waals surface area contributed by atoms with Crippen molar-refractivity contribution in [2.75, 3.05) is 0 Å². The molecule has 0 saturated heterocycles. The highest BCUT2D eigenvalue weighted by Crippen LogP contribution is 2.63. The molecule has 0 aliphatic heterocycles. The van der Waals surface area contributed by atoms with Crippen molar-refractivity contribution < 1.29 is 4.79 Å². The highest BCUT2D eigenvalue weighted by Gasteiger charge is 2.57. The Labute approximate surface area is 143 Å². The van der Waals surface area contributed by atoms with E-state index in [-0.39, 0.29) is 5.41 Å². The highest BCUT2D eigenvalue weighted by molar-refractivity contribution is 5.85. The molecule has 4 aliphatic rings. The average Bonchev–Trinajstić information content (AvgIpc) is 2.68. The zero-order chi connectivity index (χ0) is 16.2. The number of carbonyl (C=O) groups excluding carboxylic acids is 1. The van der Waals surface area contributed by atoms with Crippen LogP contribution in [0.25, 0.3) is 0 Å². The van der Waals surface area contributed by atoms with E-state index in [9.17, 15) is 4.79 Å². The Bertz CT molecular complexity index is 482. The van der Waals surface area contributed by atoms with Gasteiger partial charge >= 0.3 is 0 Å². The van der Waals surface area contributed by atoms with E-state index in [0.29, 0.717) is 17.1 Å². The first-order chi connectivity index (χ1) is 10.9. The van der Waals surface area contributed by atoms with Crippen molar-refractivity contribution in [3.8, 4) is 0 Å². The summed E-state index contributed by atoms with van der Waals surface area (Å²) in [6.07, 6.45) is 14.6. The molecule has 23 heavy (non-hydrogen) atoms. The number of ketones is 1. The molecule has 0 radical (unpaired) electrons. The first-order valence-corrected chi connectivity index (χ1v) is 10.5. The number of fused-ring (bicyclic) bond motifs is 5. The van der Waals surface area contributed by atoms with Crippen LogP contribution in [-0.4, -0.2) is 5.78 Å². The van der Waals surface area contributed by atoms with Gasteiger partial charge in [-0.2, -0.15) is 0 Å². The van der Waals surface area contributed by atoms with Crippen molar-refractivity contribution in [2.45, 2.75) is 91.4 Å². The molecule has 4 saturated carbocycles. The molecule has 4 aliphatic carbocycles. The maximum absolute atomic E-state index is 12.7. The lowest BCUT2D eigenvalue weighted by Gasteiger charge is -2.59. The summed E-state index contributed by atoms with van der Waals surface area (Å²) in [6, 6.07) is 0. The lowest BCUT2D eigenvalue weighted by molar-refractivity contribution is -0.149. The molecule has 7 atom stereocenters. The predicted molar refractivity (Wildman–Crippen MR) is 95.1 cm³/mol. The van der Waals surface area contributed by atoms with E-state index in [1.165, 1.54) is 64.2 Å². The molecule has 7 unspecified atom stereocenters. The minimum atomic E-state index is 0.0468. The minimum absolute atomic E-state index is 0.0468. The molecule has 0 aromatic rings. The van der Waals surface area contributed by atoms with Gasteiger partial charge in [0.15, 0.2) is 0 Å². The van der Waals surface area contributed by atoms with Gasteiger partial charge < -0.3 is 0 Å². The second-order valence-electron chi connectivity index (χ2n) is 10.2. The fourth-order valence-corrected chi connectivity index (χ4v) is 7.45. The van der Waals surface area contributed by atoms with Crippen LogP contribution in [0.2, 0.25) is 0 Å². The van der Waals surface area contributed by atoms with E-state index in [1.54, 1.807) is 0 Å². The fraction of sp³-hybridized carbons (Fsp3) is 0.955. The largest absolute Gasteiger partial charge is 0.299 e. The van der Waals surface area contributed by atoms with E-state index in [2.05, 4.69) is 20.8 Å². The summed E-state index contributed by atoms with van der Waals surface area (Å²) in [5, 5.41) is 0. The molecule has 0 N–H and O–H groups in total. The van der Waals surface area contributed by atoms with Crippen molar-refractivity contribution in [2.24, 2.45) is 40.4 Å². The lowest BCUT2D eigenvalue weighted by Crippen LogP contribution is -2.53. The van der Waals surface area contributed by atoms with Crippen LogP contribution in [0.1, 0.15) is 91.4 Å². The Morgan fingerprint density at radius 2 is 1.52 bits per heavy atom. The van der Waals surface area contributed by atoms with E-state index in [4.69, 9.17) is 0 Å². The summed E-state index contributed by atoms with van der Waals surface area (Å²) < 4.78 is 0. The smallest absolute Gasteiger partial charge is 0.139 e. The first-order valence-electron chi connectivity index (χ1n) is 10.5. The molecule has 0 spiro atoms. The number of hydrogen-bond donors (Lipinski definition) is 0. The van der Waals surface area contributed by atoms with Crippen LogP contribution in [0.4, 0.5) is 0 Å². The maximum atomic E-state index is 12.7. The first kappa shape index (κ1) is 16.2. The third-order valence-electron chi connectivity index (χ3n) is 9.08. The quantitative estimate of drug-likeness (QED) is 0.534. The van der Waals surface area contributed by atoms with E-state index in [0.717, 1.165) is 30.1 Å². The second-order valence-corrected chi connectivity index (χ2v) is 10.2. The van der Waals surface area contributed by atoms with Gasteiger partial charge in [-0.1, -0.05) is 33.6 Å². The molecule has 1 nitrogen and oxygen atoms in total. The number of rotatable bonds is 0. The Hall–Kier alpha value is -0.330. The molecule has 4 rings (SSSR count). The molecular formula is C22H36O. The Morgan fingerprint density at radius 1 is 0.826 bits per heavy atom.